The third-order valence-electron chi connectivity index (χ3n) is 3.46. The first kappa shape index (κ1) is 11.6. The molecule has 0 saturated carbocycles. The summed E-state index contributed by atoms with van der Waals surface area (Å²) in [6.07, 6.45) is -0.795. The van der Waals surface area contributed by atoms with Crippen LogP contribution < -0.4 is 0 Å². The first-order valence-corrected chi connectivity index (χ1v) is 5.56. The molecule has 0 amide bonds. The van der Waals surface area contributed by atoms with Gasteiger partial charge in [-0.2, -0.15) is 0 Å². The molecular formula is C13H18NO2-. The highest BCUT2D eigenvalue weighted by Gasteiger charge is 2.45. The third-order valence-corrected chi connectivity index (χ3v) is 3.46. The molecule has 2 N–H and O–H groups in total. The van der Waals surface area contributed by atoms with Gasteiger partial charge in [-0.05, 0) is 18.7 Å². The van der Waals surface area contributed by atoms with Crippen LogP contribution in [0.5, 0.6) is 0 Å². The van der Waals surface area contributed by atoms with E-state index in [1.807, 2.05) is 37.3 Å². The fraction of sp³-hybridized carbons (Fsp3) is 0.462. The molecule has 2 rings (SSSR count). The molecule has 0 spiro atoms. The Balaban J connectivity index is 2.36. The highest BCUT2D eigenvalue weighted by Crippen LogP contribution is 2.37. The minimum absolute atomic E-state index is 0.0452. The number of hydrogen-bond acceptors (Lipinski definition) is 3. The number of β-amino-alcohol motifs (C(OH)–C–C–N with tert-alkyl or cyclic N) is 1. The molecule has 1 heterocycles. The number of hydrogen-bond donors (Lipinski definition) is 2. The predicted molar refractivity (Wildman–Crippen MR) is 62.4 cm³/mol. The monoisotopic (exact) mass is 220 g/mol. The van der Waals surface area contributed by atoms with Crippen molar-refractivity contribution in [3.8, 4) is 0 Å². The third kappa shape index (κ3) is 1.75. The van der Waals surface area contributed by atoms with Crippen LogP contribution in [0.25, 0.3) is 0 Å². The fourth-order valence-corrected chi connectivity index (χ4v) is 2.50. The topological polar surface area (TPSA) is 43.7 Å². The molecule has 88 valence electrons. The average Bonchev–Trinajstić information content (AvgIpc) is 2.27. The van der Waals surface area contributed by atoms with Gasteiger partial charge in [0.05, 0.1) is 6.10 Å². The maximum absolute atomic E-state index is 10.7. The van der Waals surface area contributed by atoms with Gasteiger partial charge in [-0.25, -0.2) is 0 Å². The van der Waals surface area contributed by atoms with E-state index in [1.165, 1.54) is 0 Å². The van der Waals surface area contributed by atoms with Gasteiger partial charge < -0.3 is 15.1 Å². The lowest BCUT2D eigenvalue weighted by atomic mass is 9.75. The van der Waals surface area contributed by atoms with Crippen molar-refractivity contribution in [3.63, 3.8) is 0 Å². The van der Waals surface area contributed by atoms with Gasteiger partial charge in [-0.15, -0.1) is 0 Å². The SMILES string of the molecule is [CH2-]N1CC(C)C(O)(c2ccccc2)C(O)C1. The lowest BCUT2D eigenvalue weighted by Crippen LogP contribution is -2.57. The van der Waals surface area contributed by atoms with Gasteiger partial charge in [0.15, 0.2) is 0 Å². The summed E-state index contributed by atoms with van der Waals surface area (Å²) in [6, 6.07) is 9.38. The van der Waals surface area contributed by atoms with Gasteiger partial charge in [0, 0.05) is 5.92 Å². The zero-order valence-corrected chi connectivity index (χ0v) is 9.50. The molecule has 1 aliphatic rings. The van der Waals surface area contributed by atoms with Crippen LogP contribution in [-0.2, 0) is 5.60 Å². The van der Waals surface area contributed by atoms with Crippen LogP contribution in [0.1, 0.15) is 12.5 Å². The summed E-state index contributed by atoms with van der Waals surface area (Å²) < 4.78 is 0. The Kier molecular flexibility index (Phi) is 3.02. The Hall–Kier alpha value is -0.900. The Labute approximate surface area is 96.3 Å². The second-order valence-corrected chi connectivity index (χ2v) is 4.64. The first-order chi connectivity index (χ1) is 7.55. The second kappa shape index (κ2) is 4.17. The van der Waals surface area contributed by atoms with Gasteiger partial charge in [0.1, 0.15) is 5.60 Å². The maximum atomic E-state index is 10.7. The first-order valence-electron chi connectivity index (χ1n) is 5.56. The summed E-state index contributed by atoms with van der Waals surface area (Å²) in [7, 11) is 3.82. The van der Waals surface area contributed by atoms with E-state index in [2.05, 4.69) is 7.05 Å². The van der Waals surface area contributed by atoms with Crippen LogP contribution in [0.15, 0.2) is 30.3 Å². The molecule has 3 atom stereocenters. The van der Waals surface area contributed by atoms with Gasteiger partial charge in [0.25, 0.3) is 0 Å². The van der Waals surface area contributed by atoms with Gasteiger partial charge in [-0.3, -0.25) is 7.05 Å². The van der Waals surface area contributed by atoms with Crippen LogP contribution in [0.4, 0.5) is 0 Å². The van der Waals surface area contributed by atoms with Crippen molar-refractivity contribution in [2.75, 3.05) is 13.1 Å². The molecule has 0 aliphatic carbocycles. The molecule has 0 radical (unpaired) electrons. The van der Waals surface area contributed by atoms with Crippen LogP contribution in [0, 0.1) is 13.0 Å². The van der Waals surface area contributed by atoms with E-state index < -0.39 is 11.7 Å². The van der Waals surface area contributed by atoms with E-state index in [9.17, 15) is 10.2 Å². The minimum Gasteiger partial charge on any atom is -0.457 e. The molecule has 1 saturated heterocycles. The lowest BCUT2D eigenvalue weighted by molar-refractivity contribution is -0.150. The van der Waals surface area contributed by atoms with Crippen molar-refractivity contribution in [1.82, 2.24) is 4.90 Å². The Bertz CT molecular complexity index is 340. The number of likely N-dealkylation sites (tertiary alicyclic amines) is 1. The normalized spacial score (nSPS) is 36.2. The van der Waals surface area contributed by atoms with Gasteiger partial charge in [0.2, 0.25) is 0 Å². The Morgan fingerprint density at radius 2 is 1.94 bits per heavy atom. The molecule has 0 aromatic heterocycles. The van der Waals surface area contributed by atoms with Crippen LogP contribution in [0.3, 0.4) is 0 Å². The van der Waals surface area contributed by atoms with E-state index in [0.29, 0.717) is 13.1 Å². The maximum Gasteiger partial charge on any atom is 0.120 e. The minimum atomic E-state index is -1.16. The second-order valence-electron chi connectivity index (χ2n) is 4.64. The summed E-state index contributed by atoms with van der Waals surface area (Å²) >= 11 is 0. The molecule has 1 aromatic rings. The molecule has 3 unspecified atom stereocenters. The molecule has 3 heteroatoms. The molecule has 1 aromatic carbocycles. The summed E-state index contributed by atoms with van der Waals surface area (Å²) in [6.45, 7) is 3.02. The molecule has 16 heavy (non-hydrogen) atoms. The predicted octanol–water partition coefficient (Wildman–Crippen LogP) is 0.978. The summed E-state index contributed by atoms with van der Waals surface area (Å²) in [4.78, 5) is 1.80. The molecule has 1 fully saturated rings. The average molecular weight is 220 g/mol. The van der Waals surface area contributed by atoms with E-state index in [1.54, 1.807) is 4.90 Å². The highest BCUT2D eigenvalue weighted by atomic mass is 16.3. The number of nitrogens with zero attached hydrogens (tertiary/aromatic N) is 1. The lowest BCUT2D eigenvalue weighted by Gasteiger charge is -2.48. The van der Waals surface area contributed by atoms with Crippen molar-refractivity contribution in [2.24, 2.45) is 5.92 Å². The fourth-order valence-electron chi connectivity index (χ4n) is 2.50. The summed E-state index contributed by atoms with van der Waals surface area (Å²) in [5.41, 5.74) is -0.377. The van der Waals surface area contributed by atoms with E-state index in [-0.39, 0.29) is 5.92 Å². The zero-order chi connectivity index (χ0) is 11.8. The number of piperidine rings is 1. The summed E-state index contributed by atoms with van der Waals surface area (Å²) in [5.74, 6) is -0.0452. The smallest absolute Gasteiger partial charge is 0.120 e. The Morgan fingerprint density at radius 1 is 1.31 bits per heavy atom. The number of benzene rings is 1. The van der Waals surface area contributed by atoms with Crippen molar-refractivity contribution in [1.29, 1.82) is 0 Å². The molecular weight excluding hydrogens is 202 g/mol. The summed E-state index contributed by atoms with van der Waals surface area (Å²) in [5, 5.41) is 20.8. The van der Waals surface area contributed by atoms with E-state index in [0.717, 1.165) is 5.56 Å². The van der Waals surface area contributed by atoms with Crippen LogP contribution in [0.2, 0.25) is 0 Å². The zero-order valence-electron chi connectivity index (χ0n) is 9.50. The van der Waals surface area contributed by atoms with Gasteiger partial charge in [-0.1, -0.05) is 37.3 Å². The van der Waals surface area contributed by atoms with Crippen LogP contribution in [-0.4, -0.2) is 34.3 Å². The van der Waals surface area contributed by atoms with Gasteiger partial charge >= 0.3 is 0 Å². The van der Waals surface area contributed by atoms with Crippen LogP contribution >= 0.6 is 0 Å². The molecule has 0 bridgehead atoms. The largest absolute Gasteiger partial charge is 0.457 e. The quantitative estimate of drug-likeness (QED) is 0.693. The van der Waals surface area contributed by atoms with Crippen molar-refractivity contribution >= 4 is 0 Å². The van der Waals surface area contributed by atoms with E-state index >= 15 is 0 Å². The number of aliphatic hydroxyl groups is 2. The number of aliphatic hydroxyl groups excluding tert-OH is 1. The van der Waals surface area contributed by atoms with Crippen molar-refractivity contribution < 1.29 is 10.2 Å². The standard InChI is InChI=1S/C13H18NO2/c1-10-8-14(2)9-12(15)13(10,16)11-6-4-3-5-7-11/h3-7,10,12,15-16H,2,8-9H2,1H3/q-1. The molecule has 1 aliphatic heterocycles. The highest BCUT2D eigenvalue weighted by molar-refractivity contribution is 5.26. The van der Waals surface area contributed by atoms with Crippen molar-refractivity contribution in [2.45, 2.75) is 18.6 Å². The van der Waals surface area contributed by atoms with Crippen molar-refractivity contribution in [3.05, 3.63) is 42.9 Å². The molecule has 3 nitrogen and oxygen atoms in total. The Morgan fingerprint density at radius 3 is 2.50 bits per heavy atom. The van der Waals surface area contributed by atoms with E-state index in [4.69, 9.17) is 0 Å². The number of rotatable bonds is 1.